The van der Waals surface area contributed by atoms with Gasteiger partial charge in [-0.15, -0.1) is 0 Å². The van der Waals surface area contributed by atoms with Crippen molar-refractivity contribution in [1.29, 1.82) is 0 Å². The van der Waals surface area contributed by atoms with Gasteiger partial charge in [-0.1, -0.05) is 11.8 Å². The largest absolute Gasteiger partial charge is 0.486 e. The molecule has 0 unspecified atom stereocenters. The summed E-state index contributed by atoms with van der Waals surface area (Å²) in [6, 6.07) is 4.73. The Morgan fingerprint density at radius 3 is 2.90 bits per heavy atom. The van der Waals surface area contributed by atoms with Crippen molar-refractivity contribution in [3.63, 3.8) is 0 Å². The predicted octanol–water partition coefficient (Wildman–Crippen LogP) is 1.89. The Labute approximate surface area is 122 Å². The molecule has 21 heavy (non-hydrogen) atoms. The van der Waals surface area contributed by atoms with E-state index in [1.54, 1.807) is 16.8 Å². The number of aromatic nitrogens is 3. The van der Waals surface area contributed by atoms with Crippen molar-refractivity contribution in [2.24, 2.45) is 5.73 Å². The van der Waals surface area contributed by atoms with E-state index in [1.807, 2.05) is 13.8 Å². The Hall–Kier alpha value is -2.39. The lowest BCUT2D eigenvalue weighted by Crippen LogP contribution is -2.10. The van der Waals surface area contributed by atoms with Crippen LogP contribution in [0.15, 0.2) is 24.5 Å². The van der Waals surface area contributed by atoms with Crippen LogP contribution in [0, 0.1) is 17.7 Å². The van der Waals surface area contributed by atoms with E-state index in [9.17, 15) is 4.39 Å². The van der Waals surface area contributed by atoms with E-state index in [2.05, 4.69) is 21.9 Å². The van der Waals surface area contributed by atoms with E-state index in [4.69, 9.17) is 10.5 Å². The maximum Gasteiger partial charge on any atom is 0.165 e. The van der Waals surface area contributed by atoms with Gasteiger partial charge >= 0.3 is 0 Å². The summed E-state index contributed by atoms with van der Waals surface area (Å²) in [5.41, 5.74) is 5.56. The van der Waals surface area contributed by atoms with Crippen LogP contribution in [0.2, 0.25) is 0 Å². The van der Waals surface area contributed by atoms with Crippen LogP contribution in [-0.2, 0) is 6.61 Å². The van der Waals surface area contributed by atoms with Crippen molar-refractivity contribution in [1.82, 2.24) is 14.8 Å². The van der Waals surface area contributed by atoms with Gasteiger partial charge in [-0.3, -0.25) is 0 Å². The molecular formula is C15H17FN4O. The number of nitrogens with zero attached hydrogens (tertiary/aromatic N) is 3. The molecule has 0 aliphatic carbocycles. The Morgan fingerprint density at radius 2 is 2.24 bits per heavy atom. The molecule has 5 nitrogen and oxygen atoms in total. The molecule has 1 heterocycles. The normalized spacial score (nSPS) is 10.3. The van der Waals surface area contributed by atoms with Crippen LogP contribution in [0.5, 0.6) is 5.75 Å². The van der Waals surface area contributed by atoms with Gasteiger partial charge in [-0.05, 0) is 26.0 Å². The fourth-order valence-corrected chi connectivity index (χ4v) is 1.79. The van der Waals surface area contributed by atoms with Crippen LogP contribution in [-0.4, -0.2) is 21.3 Å². The van der Waals surface area contributed by atoms with Gasteiger partial charge in [0.05, 0.1) is 12.1 Å². The van der Waals surface area contributed by atoms with Gasteiger partial charge in [-0.25, -0.2) is 14.1 Å². The van der Waals surface area contributed by atoms with E-state index in [0.29, 0.717) is 17.1 Å². The second-order valence-electron chi connectivity index (χ2n) is 4.65. The van der Waals surface area contributed by atoms with Crippen LogP contribution >= 0.6 is 0 Å². The molecule has 6 heteroatoms. The zero-order chi connectivity index (χ0) is 15.2. The fourth-order valence-electron chi connectivity index (χ4n) is 1.79. The summed E-state index contributed by atoms with van der Waals surface area (Å²) in [5, 5.41) is 4.11. The van der Waals surface area contributed by atoms with Crippen LogP contribution in [0.3, 0.4) is 0 Å². The van der Waals surface area contributed by atoms with Gasteiger partial charge in [-0.2, -0.15) is 5.10 Å². The maximum atomic E-state index is 13.8. The first-order chi connectivity index (χ1) is 10.1. The quantitative estimate of drug-likeness (QED) is 0.872. The lowest BCUT2D eigenvalue weighted by molar-refractivity contribution is 0.281. The standard InChI is InChI=1S/C15H17FN4O/c1-11(2)20-15(18-10-19-20)9-21-13-6-5-12(4-3-7-17)14(16)8-13/h5-6,8,10-11H,7,9,17H2,1-2H3. The van der Waals surface area contributed by atoms with Gasteiger partial charge in [0.25, 0.3) is 0 Å². The molecule has 0 fully saturated rings. The minimum Gasteiger partial charge on any atom is -0.486 e. The molecule has 0 amide bonds. The van der Waals surface area contributed by atoms with Crippen LogP contribution in [0.4, 0.5) is 4.39 Å². The number of benzene rings is 1. The lowest BCUT2D eigenvalue weighted by atomic mass is 10.2. The van der Waals surface area contributed by atoms with Crippen molar-refractivity contribution < 1.29 is 9.13 Å². The molecule has 0 aliphatic heterocycles. The number of hydrogen-bond donors (Lipinski definition) is 1. The topological polar surface area (TPSA) is 66.0 Å². The van der Waals surface area contributed by atoms with Crippen molar-refractivity contribution in [2.45, 2.75) is 26.5 Å². The Balaban J connectivity index is 2.07. The molecule has 0 spiro atoms. The summed E-state index contributed by atoms with van der Waals surface area (Å²) in [7, 11) is 0. The van der Waals surface area contributed by atoms with E-state index >= 15 is 0 Å². The van der Waals surface area contributed by atoms with Gasteiger partial charge in [0.2, 0.25) is 0 Å². The SMILES string of the molecule is CC(C)n1ncnc1COc1ccc(C#CCN)c(F)c1. The molecule has 0 saturated carbocycles. The highest BCUT2D eigenvalue weighted by molar-refractivity contribution is 5.39. The third-order valence-electron chi connectivity index (χ3n) is 2.77. The first-order valence-corrected chi connectivity index (χ1v) is 6.61. The molecule has 1 aromatic carbocycles. The van der Waals surface area contributed by atoms with Gasteiger partial charge in [0.15, 0.2) is 5.82 Å². The van der Waals surface area contributed by atoms with E-state index in [-0.39, 0.29) is 19.2 Å². The molecule has 0 aliphatic rings. The van der Waals surface area contributed by atoms with E-state index in [1.165, 1.54) is 12.4 Å². The summed E-state index contributed by atoms with van der Waals surface area (Å²) >= 11 is 0. The highest BCUT2D eigenvalue weighted by Gasteiger charge is 2.09. The molecule has 1 aromatic heterocycles. The number of rotatable bonds is 4. The van der Waals surface area contributed by atoms with Crippen LogP contribution in [0.1, 0.15) is 31.3 Å². The molecule has 2 N–H and O–H groups in total. The van der Waals surface area contributed by atoms with Crippen LogP contribution in [0.25, 0.3) is 0 Å². The van der Waals surface area contributed by atoms with Gasteiger partial charge < -0.3 is 10.5 Å². The van der Waals surface area contributed by atoms with Crippen LogP contribution < -0.4 is 10.5 Å². The monoisotopic (exact) mass is 288 g/mol. The molecule has 0 radical (unpaired) electrons. The second-order valence-corrected chi connectivity index (χ2v) is 4.65. The molecule has 110 valence electrons. The number of hydrogen-bond acceptors (Lipinski definition) is 4. The number of ether oxygens (including phenoxy) is 1. The minimum atomic E-state index is -0.432. The average Bonchev–Trinajstić information content (AvgIpc) is 2.93. The third-order valence-corrected chi connectivity index (χ3v) is 2.77. The number of halogens is 1. The minimum absolute atomic E-state index is 0.191. The molecular weight excluding hydrogens is 271 g/mol. The Morgan fingerprint density at radius 1 is 1.43 bits per heavy atom. The van der Waals surface area contributed by atoms with Gasteiger partial charge in [0.1, 0.15) is 24.5 Å². The smallest absolute Gasteiger partial charge is 0.165 e. The van der Waals surface area contributed by atoms with Crippen molar-refractivity contribution in [3.8, 4) is 17.6 Å². The average molecular weight is 288 g/mol. The van der Waals surface area contributed by atoms with Crippen molar-refractivity contribution >= 4 is 0 Å². The molecule has 2 aromatic rings. The van der Waals surface area contributed by atoms with Crippen molar-refractivity contribution in [2.75, 3.05) is 6.54 Å². The Kier molecular flexibility index (Phi) is 4.90. The first-order valence-electron chi connectivity index (χ1n) is 6.61. The molecule has 2 rings (SSSR count). The molecule has 0 bridgehead atoms. The summed E-state index contributed by atoms with van der Waals surface area (Å²) in [6.07, 6.45) is 1.48. The number of nitrogens with two attached hydrogens (primary N) is 1. The predicted molar refractivity (Wildman–Crippen MR) is 77.1 cm³/mol. The summed E-state index contributed by atoms with van der Waals surface area (Å²) in [5.74, 6) is 5.96. The summed E-state index contributed by atoms with van der Waals surface area (Å²) < 4.78 is 21.1. The zero-order valence-corrected chi connectivity index (χ0v) is 12.0. The molecule has 0 atom stereocenters. The lowest BCUT2D eigenvalue weighted by Gasteiger charge is -2.10. The Bertz CT molecular complexity index is 670. The highest BCUT2D eigenvalue weighted by atomic mass is 19.1. The fraction of sp³-hybridized carbons (Fsp3) is 0.333. The van der Waals surface area contributed by atoms with Crippen molar-refractivity contribution in [3.05, 3.63) is 41.7 Å². The molecule has 0 saturated heterocycles. The second kappa shape index (κ2) is 6.86. The summed E-state index contributed by atoms with van der Waals surface area (Å²) in [4.78, 5) is 4.13. The highest BCUT2D eigenvalue weighted by Crippen LogP contribution is 2.17. The summed E-state index contributed by atoms with van der Waals surface area (Å²) in [6.45, 7) is 4.43. The third kappa shape index (κ3) is 3.80. The van der Waals surface area contributed by atoms with Gasteiger partial charge in [0, 0.05) is 12.1 Å². The zero-order valence-electron chi connectivity index (χ0n) is 12.0. The first kappa shape index (κ1) is 15.0. The van der Waals surface area contributed by atoms with E-state index < -0.39 is 5.82 Å². The van der Waals surface area contributed by atoms with E-state index in [0.717, 1.165) is 0 Å². The maximum absolute atomic E-state index is 13.8.